The lowest BCUT2D eigenvalue weighted by molar-refractivity contribution is -0.385. The lowest BCUT2D eigenvalue weighted by Crippen LogP contribution is -2.06. The van der Waals surface area contributed by atoms with Crippen molar-refractivity contribution >= 4 is 27.5 Å². The second-order valence-corrected chi connectivity index (χ2v) is 8.03. The molecule has 11 nitrogen and oxygen atoms in total. The third kappa shape index (κ3) is 5.11. The predicted octanol–water partition coefficient (Wildman–Crippen LogP) is 2.85. The first-order chi connectivity index (χ1) is 14.5. The van der Waals surface area contributed by atoms with E-state index in [1.54, 1.807) is 6.92 Å². The van der Waals surface area contributed by atoms with Gasteiger partial charge in [-0.15, -0.1) is 0 Å². The van der Waals surface area contributed by atoms with E-state index in [4.69, 9.17) is 10.2 Å². The number of H-pyrrole nitrogens is 1. The van der Waals surface area contributed by atoms with Gasteiger partial charge in [-0.3, -0.25) is 10.1 Å². The third-order valence-corrected chi connectivity index (χ3v) is 5.95. The summed E-state index contributed by atoms with van der Waals surface area (Å²) in [6, 6.07) is 7.87. The molecule has 0 fully saturated rings. The molecule has 31 heavy (non-hydrogen) atoms. The van der Waals surface area contributed by atoms with Crippen molar-refractivity contribution in [3.8, 4) is 0 Å². The Morgan fingerprint density at radius 2 is 1.65 bits per heavy atom. The zero-order valence-electron chi connectivity index (χ0n) is 16.3. The summed E-state index contributed by atoms with van der Waals surface area (Å²) in [6.07, 6.45) is 2.68. The van der Waals surface area contributed by atoms with Gasteiger partial charge in [0.05, 0.1) is 20.9 Å². The van der Waals surface area contributed by atoms with E-state index in [1.807, 2.05) is 0 Å². The highest BCUT2D eigenvalue weighted by Gasteiger charge is 2.24. The zero-order chi connectivity index (χ0) is 23.3. The van der Waals surface area contributed by atoms with Crippen molar-refractivity contribution in [3.05, 3.63) is 81.2 Å². The van der Waals surface area contributed by atoms with E-state index in [2.05, 4.69) is 9.97 Å². The van der Waals surface area contributed by atoms with Crippen molar-refractivity contribution in [2.75, 3.05) is 0 Å². The number of aryl methyl sites for hydroxylation is 1. The maximum Gasteiger partial charge on any atom is 0.335 e. The molecule has 3 N–H and O–H groups in total. The monoisotopic (exact) mass is 447 g/mol. The molecule has 0 atom stereocenters. The minimum atomic E-state index is -3.85. The smallest absolute Gasteiger partial charge is 0.335 e. The molecular weight excluding hydrogens is 430 g/mol. The van der Waals surface area contributed by atoms with Gasteiger partial charge in [0.2, 0.25) is 15.0 Å². The first-order valence-electron chi connectivity index (χ1n) is 8.52. The molecule has 3 aromatic rings. The fourth-order valence-electron chi connectivity index (χ4n) is 2.59. The fraction of sp³-hybridized carbons (Fsp3) is 0.105. The summed E-state index contributed by atoms with van der Waals surface area (Å²) in [7, 11) is -3.85. The molecule has 2 aromatic carbocycles. The van der Waals surface area contributed by atoms with Crippen molar-refractivity contribution in [2.24, 2.45) is 0 Å². The number of aromatic amines is 1. The molecule has 0 spiro atoms. The van der Waals surface area contributed by atoms with Crippen molar-refractivity contribution < 1.29 is 33.1 Å². The number of hydrogen-bond acceptors (Lipinski definition) is 7. The molecule has 3 rings (SSSR count). The van der Waals surface area contributed by atoms with Gasteiger partial charge in [-0.25, -0.2) is 23.0 Å². The Balaban J connectivity index is 0.000000233. The van der Waals surface area contributed by atoms with Gasteiger partial charge in [0.25, 0.3) is 5.69 Å². The summed E-state index contributed by atoms with van der Waals surface area (Å²) in [5.41, 5.74) is 0.491. The lowest BCUT2D eigenvalue weighted by Gasteiger charge is -2.04. The van der Waals surface area contributed by atoms with Gasteiger partial charge in [0.1, 0.15) is 0 Å². The summed E-state index contributed by atoms with van der Waals surface area (Å²) < 4.78 is 24.3. The molecule has 0 amide bonds. The maximum absolute atomic E-state index is 12.2. The number of nitrogens with zero attached hydrogens (tertiary/aromatic N) is 2. The molecular formula is C19H17N3O8S. The summed E-state index contributed by atoms with van der Waals surface area (Å²) in [4.78, 5) is 37.3. The van der Waals surface area contributed by atoms with Gasteiger partial charge in [0.15, 0.2) is 0 Å². The average Bonchev–Trinajstić information content (AvgIpc) is 3.24. The molecule has 12 heteroatoms. The predicted molar refractivity (Wildman–Crippen MR) is 107 cm³/mol. The Kier molecular flexibility index (Phi) is 6.87. The fourth-order valence-corrected chi connectivity index (χ4v) is 3.99. The number of carboxylic acid groups (broad SMARTS) is 2. The second-order valence-electron chi connectivity index (χ2n) is 6.19. The Morgan fingerprint density at radius 1 is 1.06 bits per heavy atom. The van der Waals surface area contributed by atoms with Crippen molar-refractivity contribution in [3.63, 3.8) is 0 Å². The van der Waals surface area contributed by atoms with Crippen LogP contribution in [0.15, 0.2) is 58.8 Å². The van der Waals surface area contributed by atoms with E-state index >= 15 is 0 Å². The van der Waals surface area contributed by atoms with E-state index in [1.165, 1.54) is 49.6 Å². The summed E-state index contributed by atoms with van der Waals surface area (Å²) >= 11 is 0. The summed E-state index contributed by atoms with van der Waals surface area (Å²) in [5.74, 6) is -2.22. The van der Waals surface area contributed by atoms with Crippen LogP contribution in [-0.2, 0) is 9.84 Å². The van der Waals surface area contributed by atoms with E-state index in [9.17, 15) is 28.1 Å². The zero-order valence-corrected chi connectivity index (χ0v) is 17.1. The number of non-ortho nitro benzene ring substituents is 1. The number of carboxylic acids is 2. The molecule has 1 aromatic heterocycles. The highest BCUT2D eigenvalue weighted by atomic mass is 32.2. The first-order valence-corrected chi connectivity index (χ1v) is 10.0. The number of hydrogen-bond donors (Lipinski definition) is 3. The lowest BCUT2D eigenvalue weighted by atomic mass is 10.0. The van der Waals surface area contributed by atoms with Gasteiger partial charge < -0.3 is 15.2 Å². The van der Waals surface area contributed by atoms with Crippen LogP contribution in [0.5, 0.6) is 0 Å². The number of aromatic nitrogens is 2. The number of nitro benzene ring substituents is 1. The van der Waals surface area contributed by atoms with Gasteiger partial charge in [-0.05, 0) is 37.1 Å². The van der Waals surface area contributed by atoms with Crippen LogP contribution in [0.25, 0.3) is 0 Å². The van der Waals surface area contributed by atoms with Gasteiger partial charge in [0, 0.05) is 24.5 Å². The van der Waals surface area contributed by atoms with Crippen LogP contribution in [0.1, 0.15) is 31.8 Å². The molecule has 0 aliphatic carbocycles. The van der Waals surface area contributed by atoms with Crippen LogP contribution in [0.2, 0.25) is 0 Å². The highest BCUT2D eigenvalue weighted by molar-refractivity contribution is 7.91. The van der Waals surface area contributed by atoms with E-state index in [-0.39, 0.29) is 32.4 Å². The molecule has 0 saturated heterocycles. The Bertz CT molecular complexity index is 1220. The van der Waals surface area contributed by atoms with Gasteiger partial charge >= 0.3 is 11.9 Å². The average molecular weight is 447 g/mol. The van der Waals surface area contributed by atoms with Crippen LogP contribution in [0.3, 0.4) is 0 Å². The van der Waals surface area contributed by atoms with E-state index < -0.39 is 26.7 Å². The summed E-state index contributed by atoms with van der Waals surface area (Å²) in [5, 5.41) is 27.8. The molecule has 0 radical (unpaired) electrons. The molecule has 0 bridgehead atoms. The van der Waals surface area contributed by atoms with Crippen LogP contribution < -0.4 is 0 Å². The molecule has 0 unspecified atom stereocenters. The number of aromatic carboxylic acids is 2. The highest BCUT2D eigenvalue weighted by Crippen LogP contribution is 2.25. The number of benzene rings is 2. The van der Waals surface area contributed by atoms with Crippen LogP contribution in [0, 0.1) is 24.0 Å². The largest absolute Gasteiger partial charge is 0.478 e. The van der Waals surface area contributed by atoms with Crippen molar-refractivity contribution in [1.29, 1.82) is 0 Å². The van der Waals surface area contributed by atoms with E-state index in [0.29, 0.717) is 5.56 Å². The van der Waals surface area contributed by atoms with Crippen LogP contribution in [-0.4, -0.2) is 45.5 Å². The van der Waals surface area contributed by atoms with Crippen LogP contribution >= 0.6 is 0 Å². The van der Waals surface area contributed by atoms with E-state index in [0.717, 1.165) is 6.07 Å². The molecule has 0 aliphatic heterocycles. The Labute approximate surface area is 176 Å². The van der Waals surface area contributed by atoms with Gasteiger partial charge in [-0.1, -0.05) is 12.1 Å². The minimum Gasteiger partial charge on any atom is -0.478 e. The quantitative estimate of drug-likeness (QED) is 0.391. The molecule has 162 valence electrons. The van der Waals surface area contributed by atoms with Crippen LogP contribution in [0.4, 0.5) is 5.69 Å². The number of carbonyl (C=O) groups is 2. The number of sulfone groups is 1. The SMILES string of the molecule is Cc1c(C(=O)O)cccc1C(=O)O.Cc1ccc([N+](=O)[O-])cc1S(=O)(=O)c1ncc[nH]1. The number of imidazole rings is 1. The molecule has 0 aliphatic rings. The molecule has 0 saturated carbocycles. The number of nitrogens with one attached hydrogen (secondary N) is 1. The topological polar surface area (TPSA) is 181 Å². The number of rotatable bonds is 5. The molecule has 1 heterocycles. The Hall–Kier alpha value is -4.06. The first kappa shape index (κ1) is 23.2. The second kappa shape index (κ2) is 9.17. The van der Waals surface area contributed by atoms with Gasteiger partial charge in [-0.2, -0.15) is 0 Å². The normalized spacial score (nSPS) is 10.6. The van der Waals surface area contributed by atoms with Crippen molar-refractivity contribution in [1.82, 2.24) is 9.97 Å². The third-order valence-electron chi connectivity index (χ3n) is 4.19. The van der Waals surface area contributed by atoms with Crippen molar-refractivity contribution in [2.45, 2.75) is 23.9 Å². The summed E-state index contributed by atoms with van der Waals surface area (Å²) in [6.45, 7) is 3.05. The standard InChI is InChI=1S/C10H9N3O4S.C9H8O4/c1-7-2-3-8(13(14)15)6-9(7)18(16,17)10-11-4-5-12-10;1-5-6(8(10)11)3-2-4-7(5)9(12)13/h2-6H,1H3,(H,11,12);2-4H,1H3,(H,10,11)(H,12,13). The minimum absolute atomic E-state index is 0.0277. The number of nitro groups is 1. The Morgan fingerprint density at radius 3 is 2.10 bits per heavy atom. The maximum atomic E-state index is 12.2.